The van der Waals surface area contributed by atoms with Crippen molar-refractivity contribution >= 4 is 22.5 Å². The van der Waals surface area contributed by atoms with Gasteiger partial charge in [-0.1, -0.05) is 6.58 Å². The molecule has 0 aliphatic heterocycles. The molecule has 2 unspecified atom stereocenters. The molecule has 0 saturated carbocycles. The fourth-order valence-electron chi connectivity index (χ4n) is 0.0598. The van der Waals surface area contributed by atoms with E-state index >= 15 is 0 Å². The third-order valence-electron chi connectivity index (χ3n) is 0.140. The molecule has 15 heavy (non-hydrogen) atoms. The second-order valence-corrected chi connectivity index (χ2v) is 2.84. The number of hydrogen-bond donors (Lipinski definition) is 3. The number of hydrogen-bond acceptors (Lipinski definition) is 6. The predicted molar refractivity (Wildman–Crippen MR) is 44.2 cm³/mol. The first kappa shape index (κ1) is 24.4. The maximum atomic E-state index is 9.39. The summed E-state index contributed by atoms with van der Waals surface area (Å²) < 4.78 is 22.2. The summed E-state index contributed by atoms with van der Waals surface area (Å²) in [7, 11) is -5.85. The van der Waals surface area contributed by atoms with Crippen LogP contribution >= 0.6 is 16.5 Å². The molecule has 0 aliphatic rings. The van der Waals surface area contributed by atoms with Gasteiger partial charge in [0.25, 0.3) is 0 Å². The van der Waals surface area contributed by atoms with Crippen LogP contribution in [-0.2, 0) is 18.2 Å². The van der Waals surface area contributed by atoms with Gasteiger partial charge in [-0.3, -0.25) is 0 Å². The molecule has 0 fully saturated rings. The average Bonchev–Trinajstić information content (AvgIpc) is 1.82. The van der Waals surface area contributed by atoms with Gasteiger partial charge in [0.05, 0.1) is 6.26 Å². The van der Waals surface area contributed by atoms with Crippen LogP contribution in [-0.4, -0.2) is 20.9 Å². The van der Waals surface area contributed by atoms with Crippen LogP contribution < -0.4 is 34.7 Å². The third kappa shape index (κ3) is 123. The van der Waals surface area contributed by atoms with Gasteiger partial charge in [-0.2, -0.15) is 0 Å². The molecule has 0 amide bonds. The van der Waals surface area contributed by atoms with Gasteiger partial charge >= 0.3 is 46.1 Å². The number of aliphatic carboxylic acids is 1. The van der Waals surface area contributed by atoms with Crippen molar-refractivity contribution in [2.45, 2.75) is 6.92 Å². The van der Waals surface area contributed by atoms with Crippen LogP contribution in [0.4, 0.5) is 0 Å². The van der Waals surface area contributed by atoms with E-state index in [0.717, 1.165) is 13.2 Å². The fraction of sp³-hybridized carbons (Fsp3) is 0.250. The minimum absolute atomic E-state index is 0. The normalized spacial score (nSPS) is 8.73. The van der Waals surface area contributed by atoms with Crippen molar-refractivity contribution in [1.82, 2.24) is 0 Å². The van der Waals surface area contributed by atoms with Crippen LogP contribution in [0.1, 0.15) is 6.92 Å². The molecule has 0 saturated heterocycles. The second-order valence-electron chi connectivity index (χ2n) is 1.23. The SMILES string of the molecule is C=CO.CC(=O)[O-].O=[P+](O)O[P+](=O)O.[Na+]. The molecule has 0 bridgehead atoms. The van der Waals surface area contributed by atoms with Crippen LogP contribution in [0.15, 0.2) is 12.8 Å². The standard InChI is InChI=1S/C2H4O2.C2H4O.Na.O5P2/c1-2(3)4;1-2-3;;1-6(2)5-7(3)4/h1H3,(H,3,4);2-3H,1H2;;/q;;+1;/p+1. The molecule has 0 radical (unpaired) electrons. The van der Waals surface area contributed by atoms with Gasteiger partial charge in [0.15, 0.2) is 4.31 Å². The van der Waals surface area contributed by atoms with Crippen molar-refractivity contribution in [1.29, 1.82) is 0 Å². The summed E-state index contributed by atoms with van der Waals surface area (Å²) in [4.78, 5) is 24.2. The number of carbonyl (C=O) groups excluding carboxylic acids is 1. The van der Waals surface area contributed by atoms with E-state index in [1.165, 1.54) is 0 Å². The monoisotopic (exact) mass is 270 g/mol. The van der Waals surface area contributed by atoms with Gasteiger partial charge in [-0.05, 0) is 6.92 Å². The summed E-state index contributed by atoms with van der Waals surface area (Å²) in [5.74, 6) is -1.08. The number of carbonyl (C=O) groups is 1. The minimum atomic E-state index is -2.92. The molecular weight excluding hydrogens is 261 g/mol. The minimum Gasteiger partial charge on any atom is -0.550 e. The first-order valence-electron chi connectivity index (χ1n) is 2.70. The Morgan fingerprint density at radius 3 is 1.53 bits per heavy atom. The number of aliphatic hydroxyl groups is 1. The summed E-state index contributed by atoms with van der Waals surface area (Å²) in [6, 6.07) is 0. The Morgan fingerprint density at radius 2 is 1.53 bits per heavy atom. The zero-order valence-corrected chi connectivity index (χ0v) is 11.9. The van der Waals surface area contributed by atoms with Gasteiger partial charge in [0, 0.05) is 15.1 Å². The Balaban J connectivity index is -0.0000000654. The Bertz CT molecular complexity index is 191. The van der Waals surface area contributed by atoms with E-state index in [2.05, 4.69) is 10.9 Å². The van der Waals surface area contributed by atoms with Gasteiger partial charge in [-0.25, -0.2) is 0 Å². The van der Waals surface area contributed by atoms with Crippen molar-refractivity contribution in [3.63, 3.8) is 0 Å². The molecule has 0 aliphatic carbocycles. The first-order valence-corrected chi connectivity index (χ1v) is 4.97. The largest absolute Gasteiger partial charge is 1.00 e. The molecule has 8 nitrogen and oxygen atoms in total. The van der Waals surface area contributed by atoms with E-state index in [-0.39, 0.29) is 29.6 Å². The van der Waals surface area contributed by atoms with Crippen LogP contribution in [0.5, 0.6) is 0 Å². The second kappa shape index (κ2) is 19.6. The number of aliphatic hydroxyl groups excluding tert-OH is 1. The van der Waals surface area contributed by atoms with E-state index in [1.807, 2.05) is 0 Å². The van der Waals surface area contributed by atoms with Crippen molar-refractivity contribution in [3.8, 4) is 0 Å². The van der Waals surface area contributed by atoms with Gasteiger partial charge in [0.1, 0.15) is 0 Å². The smallest absolute Gasteiger partial charge is 0.550 e. The van der Waals surface area contributed by atoms with Crippen LogP contribution in [0, 0.1) is 0 Å². The van der Waals surface area contributed by atoms with E-state index < -0.39 is 22.5 Å². The molecule has 2 atom stereocenters. The zero-order valence-electron chi connectivity index (χ0n) is 8.06. The Labute approximate surface area is 110 Å². The maximum Gasteiger partial charge on any atom is 1.00 e. The van der Waals surface area contributed by atoms with Crippen molar-refractivity contribution in [3.05, 3.63) is 12.8 Å². The summed E-state index contributed by atoms with van der Waals surface area (Å²) in [6.45, 7) is 3.89. The number of rotatable bonds is 2. The molecule has 0 aromatic rings. The average molecular weight is 270 g/mol. The fourth-order valence-corrected chi connectivity index (χ4v) is 0.538. The van der Waals surface area contributed by atoms with E-state index in [4.69, 9.17) is 24.8 Å². The molecule has 0 aromatic carbocycles. The topological polar surface area (TPSA) is 144 Å². The molecule has 82 valence electrons. The van der Waals surface area contributed by atoms with Crippen molar-refractivity contribution in [2.75, 3.05) is 0 Å². The summed E-state index contributed by atoms with van der Waals surface area (Å²) in [5.41, 5.74) is 0. The summed E-state index contributed by atoms with van der Waals surface area (Å²) >= 11 is 0. The number of carboxylic acids is 1. The van der Waals surface area contributed by atoms with Crippen LogP contribution in [0.3, 0.4) is 0 Å². The Kier molecular flexibility index (Phi) is 31.9. The van der Waals surface area contributed by atoms with Gasteiger partial charge in [-0.15, -0.1) is 9.79 Å². The van der Waals surface area contributed by atoms with Crippen molar-refractivity contribution < 1.29 is 67.8 Å². The molecule has 0 aromatic heterocycles. The predicted octanol–water partition coefficient (Wildman–Crippen LogP) is -3.25. The molecule has 11 heteroatoms. The van der Waals surface area contributed by atoms with Gasteiger partial charge < -0.3 is 15.0 Å². The molecule has 3 N–H and O–H groups in total. The zero-order chi connectivity index (χ0) is 12.1. The third-order valence-corrected chi connectivity index (χ3v) is 1.26. The first-order chi connectivity index (χ1) is 6.27. The summed E-state index contributed by atoms with van der Waals surface area (Å²) in [6.07, 6.45) is 0.750. The molecular formula is C4H9NaO8P2+2. The molecule has 0 heterocycles. The quantitative estimate of drug-likeness (QED) is 0.269. The van der Waals surface area contributed by atoms with Crippen LogP contribution in [0.2, 0.25) is 0 Å². The van der Waals surface area contributed by atoms with E-state index in [9.17, 15) is 9.13 Å². The maximum absolute atomic E-state index is 9.39. The molecule has 0 rings (SSSR count). The number of carboxylic acid groups (broad SMARTS) is 1. The van der Waals surface area contributed by atoms with Crippen molar-refractivity contribution in [2.24, 2.45) is 0 Å². The van der Waals surface area contributed by atoms with E-state index in [1.54, 1.807) is 0 Å². The Hall–Kier alpha value is 0.0900. The Morgan fingerprint density at radius 1 is 1.40 bits per heavy atom. The van der Waals surface area contributed by atoms with E-state index in [0.29, 0.717) is 0 Å². The molecule has 0 spiro atoms. The summed E-state index contributed by atoms with van der Waals surface area (Å²) in [5, 5.41) is 16.2. The van der Waals surface area contributed by atoms with Gasteiger partial charge in [0.2, 0.25) is 0 Å². The van der Waals surface area contributed by atoms with Crippen LogP contribution in [0.25, 0.3) is 0 Å².